The number of hydrogen-bond donors (Lipinski definition) is 2. The third-order valence-corrected chi connectivity index (χ3v) is 3.82. The summed E-state index contributed by atoms with van der Waals surface area (Å²) in [5.41, 5.74) is 9.55. The molecule has 1 aromatic heterocycles. The van der Waals surface area contributed by atoms with Gasteiger partial charge in [0.05, 0.1) is 0 Å². The molecule has 1 heterocycles. The van der Waals surface area contributed by atoms with Crippen LogP contribution in [-0.2, 0) is 0 Å². The highest BCUT2D eigenvalue weighted by Crippen LogP contribution is 2.14. The second kappa shape index (κ2) is 6.08. The smallest absolute Gasteiger partial charge is 0.278 e. The Morgan fingerprint density at radius 1 is 1.08 bits per heavy atom. The van der Waals surface area contributed by atoms with Crippen LogP contribution in [0.25, 0.3) is 10.8 Å². The number of pyridine rings is 1. The number of amides is 1. The predicted octanol–water partition coefficient (Wildman–Crippen LogP) is 2.03. The number of carbonyl (C=O) groups excluding carboxylic acids is 1. The normalized spacial score (nSPS) is 10.6. The first kappa shape index (κ1) is 15.6. The van der Waals surface area contributed by atoms with E-state index in [0.717, 1.165) is 15.7 Å². The van der Waals surface area contributed by atoms with Crippen LogP contribution < -0.4 is 21.6 Å². The van der Waals surface area contributed by atoms with Gasteiger partial charge in [-0.05, 0) is 41.8 Å². The maximum Gasteiger partial charge on any atom is 0.278 e. The number of anilines is 2. The summed E-state index contributed by atoms with van der Waals surface area (Å²) in [6.45, 7) is 0. The molecule has 0 saturated carbocycles. The van der Waals surface area contributed by atoms with E-state index in [1.165, 1.54) is 0 Å². The molecule has 3 aromatic rings. The van der Waals surface area contributed by atoms with Gasteiger partial charge in [0.25, 0.3) is 11.5 Å². The Labute approximate surface area is 139 Å². The largest absolute Gasteiger partial charge is 0.384 e. The van der Waals surface area contributed by atoms with Crippen molar-refractivity contribution >= 4 is 28.2 Å². The molecule has 122 valence electrons. The van der Waals surface area contributed by atoms with Crippen molar-refractivity contribution in [2.45, 2.75) is 0 Å². The number of aromatic nitrogens is 1. The Morgan fingerprint density at radius 3 is 2.42 bits per heavy atom. The number of nitrogens with zero attached hydrogens (tertiary/aromatic N) is 2. The van der Waals surface area contributed by atoms with Gasteiger partial charge in [-0.25, -0.2) is 4.68 Å². The van der Waals surface area contributed by atoms with Crippen LogP contribution in [0.15, 0.2) is 59.4 Å². The van der Waals surface area contributed by atoms with Crippen LogP contribution in [0.1, 0.15) is 10.4 Å². The molecule has 0 fully saturated rings. The van der Waals surface area contributed by atoms with Gasteiger partial charge in [-0.15, -0.1) is 0 Å². The highest BCUT2D eigenvalue weighted by atomic mass is 16.2. The van der Waals surface area contributed by atoms with Crippen molar-refractivity contribution < 1.29 is 4.79 Å². The van der Waals surface area contributed by atoms with Gasteiger partial charge in [-0.1, -0.05) is 18.2 Å². The zero-order valence-corrected chi connectivity index (χ0v) is 13.5. The Hall–Kier alpha value is -3.28. The standard InChI is InChI=1S/C18H18N4O2/c1-21(2)14-9-7-12(8-10-14)17(23)20-22-16(19)11-13-5-3-4-6-15(13)18(22)24/h3-11H,19H2,1-2H3,(H,20,23). The maximum atomic E-state index is 12.5. The third kappa shape index (κ3) is 2.81. The molecule has 0 aliphatic rings. The summed E-state index contributed by atoms with van der Waals surface area (Å²) in [5.74, 6) is -0.221. The van der Waals surface area contributed by atoms with Gasteiger partial charge < -0.3 is 10.6 Å². The minimum atomic E-state index is -0.399. The number of nitrogens with two attached hydrogens (primary N) is 1. The number of nitrogen functional groups attached to an aromatic ring is 1. The molecule has 3 N–H and O–H groups in total. The first-order valence-corrected chi connectivity index (χ1v) is 7.46. The minimum absolute atomic E-state index is 0.178. The Kier molecular flexibility index (Phi) is 3.95. The molecule has 0 bridgehead atoms. The van der Waals surface area contributed by atoms with Crippen LogP contribution in [0.4, 0.5) is 11.5 Å². The lowest BCUT2D eigenvalue weighted by atomic mass is 10.2. The molecule has 0 saturated heterocycles. The molecule has 0 atom stereocenters. The van der Waals surface area contributed by atoms with Crippen molar-refractivity contribution in [2.75, 3.05) is 30.2 Å². The SMILES string of the molecule is CN(C)c1ccc(C(=O)Nn2c(N)cc3ccccc3c2=O)cc1. The second-order valence-electron chi connectivity index (χ2n) is 5.68. The van der Waals surface area contributed by atoms with E-state index < -0.39 is 5.91 Å². The molecule has 1 amide bonds. The summed E-state index contributed by atoms with van der Waals surface area (Å²) < 4.78 is 1.07. The number of carbonyl (C=O) groups is 1. The molecule has 6 nitrogen and oxygen atoms in total. The molecule has 0 aliphatic carbocycles. The number of rotatable bonds is 3. The lowest BCUT2D eigenvalue weighted by Gasteiger charge is -2.14. The average Bonchev–Trinajstić information content (AvgIpc) is 2.58. The van der Waals surface area contributed by atoms with Crippen LogP contribution in [0.5, 0.6) is 0 Å². The average molecular weight is 322 g/mol. The molecule has 0 spiro atoms. The van der Waals surface area contributed by atoms with Crippen LogP contribution in [-0.4, -0.2) is 24.7 Å². The Balaban J connectivity index is 1.94. The zero-order chi connectivity index (χ0) is 17.3. The summed E-state index contributed by atoms with van der Waals surface area (Å²) in [5, 5.41) is 1.23. The fraction of sp³-hybridized carbons (Fsp3) is 0.111. The van der Waals surface area contributed by atoms with E-state index in [1.54, 1.807) is 36.4 Å². The molecule has 0 radical (unpaired) electrons. The second-order valence-corrected chi connectivity index (χ2v) is 5.68. The van der Waals surface area contributed by atoms with E-state index in [2.05, 4.69) is 5.43 Å². The Morgan fingerprint density at radius 2 is 1.75 bits per heavy atom. The first-order valence-electron chi connectivity index (χ1n) is 7.46. The Bertz CT molecular complexity index is 959. The molecular formula is C18H18N4O2. The molecule has 6 heteroatoms. The van der Waals surface area contributed by atoms with Gasteiger partial charge in [0.15, 0.2) is 0 Å². The van der Waals surface area contributed by atoms with E-state index in [0.29, 0.717) is 10.9 Å². The van der Waals surface area contributed by atoms with E-state index >= 15 is 0 Å². The molecule has 0 unspecified atom stereocenters. The number of benzene rings is 2. The fourth-order valence-corrected chi connectivity index (χ4v) is 2.47. The molecule has 0 aliphatic heterocycles. The van der Waals surface area contributed by atoms with Crippen molar-refractivity contribution in [3.05, 3.63) is 70.5 Å². The topological polar surface area (TPSA) is 80.4 Å². The van der Waals surface area contributed by atoms with E-state index in [4.69, 9.17) is 5.73 Å². The van der Waals surface area contributed by atoms with Crippen molar-refractivity contribution in [2.24, 2.45) is 0 Å². The van der Waals surface area contributed by atoms with Gasteiger partial charge in [0, 0.05) is 30.7 Å². The van der Waals surface area contributed by atoms with Gasteiger partial charge in [0.1, 0.15) is 5.82 Å². The summed E-state index contributed by atoms with van der Waals surface area (Å²) in [4.78, 5) is 26.9. The van der Waals surface area contributed by atoms with Gasteiger partial charge in [0.2, 0.25) is 0 Å². The molecular weight excluding hydrogens is 304 g/mol. The third-order valence-electron chi connectivity index (χ3n) is 3.82. The van der Waals surface area contributed by atoms with Crippen LogP contribution in [0, 0.1) is 0 Å². The monoisotopic (exact) mass is 322 g/mol. The number of hydrogen-bond acceptors (Lipinski definition) is 4. The van der Waals surface area contributed by atoms with E-state index in [1.807, 2.05) is 37.2 Å². The van der Waals surface area contributed by atoms with Crippen LogP contribution >= 0.6 is 0 Å². The first-order chi connectivity index (χ1) is 11.5. The summed E-state index contributed by atoms with van der Waals surface area (Å²) in [6.07, 6.45) is 0. The number of fused-ring (bicyclic) bond motifs is 1. The van der Waals surface area contributed by atoms with Crippen molar-refractivity contribution in [3.8, 4) is 0 Å². The highest BCUT2D eigenvalue weighted by Gasteiger charge is 2.11. The van der Waals surface area contributed by atoms with Gasteiger partial charge in [-0.2, -0.15) is 0 Å². The summed E-state index contributed by atoms with van der Waals surface area (Å²) >= 11 is 0. The molecule has 24 heavy (non-hydrogen) atoms. The number of nitrogens with one attached hydrogen (secondary N) is 1. The van der Waals surface area contributed by atoms with Crippen molar-refractivity contribution in [1.82, 2.24) is 4.68 Å². The summed E-state index contributed by atoms with van der Waals surface area (Å²) in [6, 6.07) is 15.8. The van der Waals surface area contributed by atoms with Gasteiger partial charge in [-0.3, -0.25) is 15.0 Å². The molecule has 2 aromatic carbocycles. The lowest BCUT2D eigenvalue weighted by molar-refractivity contribution is 0.101. The van der Waals surface area contributed by atoms with Gasteiger partial charge >= 0.3 is 0 Å². The summed E-state index contributed by atoms with van der Waals surface area (Å²) in [7, 11) is 3.84. The van der Waals surface area contributed by atoms with E-state index in [9.17, 15) is 9.59 Å². The predicted molar refractivity (Wildman–Crippen MR) is 97.1 cm³/mol. The van der Waals surface area contributed by atoms with E-state index in [-0.39, 0.29) is 11.4 Å². The van der Waals surface area contributed by atoms with Crippen molar-refractivity contribution in [1.29, 1.82) is 0 Å². The zero-order valence-electron chi connectivity index (χ0n) is 13.5. The quantitative estimate of drug-likeness (QED) is 0.773. The molecule has 3 rings (SSSR count). The van der Waals surface area contributed by atoms with Crippen LogP contribution in [0.2, 0.25) is 0 Å². The van der Waals surface area contributed by atoms with Crippen LogP contribution in [0.3, 0.4) is 0 Å². The minimum Gasteiger partial charge on any atom is -0.384 e. The fourth-order valence-electron chi connectivity index (χ4n) is 2.47. The lowest BCUT2D eigenvalue weighted by Crippen LogP contribution is -2.34. The van der Waals surface area contributed by atoms with Crippen molar-refractivity contribution in [3.63, 3.8) is 0 Å². The highest BCUT2D eigenvalue weighted by molar-refractivity contribution is 6.00. The maximum absolute atomic E-state index is 12.5.